The molecule has 2 aromatic carbocycles. The van der Waals surface area contributed by atoms with Gasteiger partial charge < -0.3 is 10.1 Å². The summed E-state index contributed by atoms with van der Waals surface area (Å²) in [5.74, 6) is 0.581. The van der Waals surface area contributed by atoms with E-state index in [9.17, 15) is 4.39 Å². The summed E-state index contributed by atoms with van der Waals surface area (Å²) in [6.45, 7) is 2.09. The summed E-state index contributed by atoms with van der Waals surface area (Å²) in [4.78, 5) is 0. The maximum absolute atomic E-state index is 13.8. The smallest absolute Gasteiger partial charge is 0.167 e. The van der Waals surface area contributed by atoms with Gasteiger partial charge in [0.2, 0.25) is 0 Å². The number of methoxy groups -OCH3 is 1. The quantitative estimate of drug-likeness (QED) is 0.859. The molecule has 0 radical (unpaired) electrons. The fourth-order valence-corrected chi connectivity index (χ4v) is 2.61. The zero-order valence-electron chi connectivity index (χ0n) is 12.4. The Balaban J connectivity index is 1.82. The first kappa shape index (κ1) is 13.9. The van der Waals surface area contributed by atoms with E-state index in [1.165, 1.54) is 37.1 Å². The van der Waals surface area contributed by atoms with E-state index < -0.39 is 0 Å². The molecule has 0 aliphatic heterocycles. The molecule has 1 aliphatic rings. The molecule has 0 saturated heterocycles. The molecule has 21 heavy (non-hydrogen) atoms. The SMILES string of the molecule is COc1ccc(NC(c2ccc(C)cc2)C2CC2)cc1F. The van der Waals surface area contributed by atoms with E-state index in [0.717, 1.165) is 5.69 Å². The molecule has 1 unspecified atom stereocenters. The molecule has 0 amide bonds. The van der Waals surface area contributed by atoms with E-state index in [2.05, 4.69) is 36.5 Å². The topological polar surface area (TPSA) is 21.3 Å². The van der Waals surface area contributed by atoms with Crippen LogP contribution in [0.1, 0.15) is 30.0 Å². The fraction of sp³-hybridized carbons (Fsp3) is 0.333. The zero-order valence-corrected chi connectivity index (χ0v) is 12.4. The number of rotatable bonds is 5. The molecule has 0 bridgehead atoms. The molecule has 1 N–H and O–H groups in total. The maximum atomic E-state index is 13.8. The number of aryl methyl sites for hydroxylation is 1. The van der Waals surface area contributed by atoms with Crippen LogP contribution in [0.25, 0.3) is 0 Å². The Bertz CT molecular complexity index is 620. The van der Waals surface area contributed by atoms with Crippen LogP contribution in [0.2, 0.25) is 0 Å². The second-order valence-corrected chi connectivity index (χ2v) is 5.72. The van der Waals surface area contributed by atoms with Crippen molar-refractivity contribution in [2.75, 3.05) is 12.4 Å². The zero-order chi connectivity index (χ0) is 14.8. The first-order valence-corrected chi connectivity index (χ1v) is 7.34. The van der Waals surface area contributed by atoms with Gasteiger partial charge in [-0.3, -0.25) is 0 Å². The highest BCUT2D eigenvalue weighted by atomic mass is 19.1. The molecule has 0 heterocycles. The summed E-state index contributed by atoms with van der Waals surface area (Å²) >= 11 is 0. The highest BCUT2D eigenvalue weighted by Crippen LogP contribution is 2.43. The minimum atomic E-state index is -0.332. The first-order chi connectivity index (χ1) is 10.2. The van der Waals surface area contributed by atoms with Gasteiger partial charge in [-0.1, -0.05) is 29.8 Å². The van der Waals surface area contributed by atoms with Crippen LogP contribution in [0.3, 0.4) is 0 Å². The van der Waals surface area contributed by atoms with Crippen molar-refractivity contribution in [1.82, 2.24) is 0 Å². The Hall–Kier alpha value is -2.03. The van der Waals surface area contributed by atoms with E-state index in [1.807, 2.05) is 6.07 Å². The van der Waals surface area contributed by atoms with E-state index in [0.29, 0.717) is 5.92 Å². The van der Waals surface area contributed by atoms with Gasteiger partial charge in [0, 0.05) is 11.8 Å². The highest BCUT2D eigenvalue weighted by molar-refractivity contribution is 5.49. The van der Waals surface area contributed by atoms with Gasteiger partial charge in [0.1, 0.15) is 0 Å². The predicted molar refractivity (Wildman–Crippen MR) is 83.2 cm³/mol. The van der Waals surface area contributed by atoms with Gasteiger partial charge in [0.05, 0.1) is 13.2 Å². The normalized spacial score (nSPS) is 15.6. The maximum Gasteiger partial charge on any atom is 0.167 e. The summed E-state index contributed by atoms with van der Waals surface area (Å²) in [6.07, 6.45) is 2.45. The molecular formula is C18H20FNO. The van der Waals surface area contributed by atoms with Gasteiger partial charge in [0.15, 0.2) is 11.6 Å². The van der Waals surface area contributed by atoms with Crippen molar-refractivity contribution in [1.29, 1.82) is 0 Å². The van der Waals surface area contributed by atoms with Crippen LogP contribution in [0.4, 0.5) is 10.1 Å². The molecule has 1 fully saturated rings. The second-order valence-electron chi connectivity index (χ2n) is 5.72. The number of benzene rings is 2. The molecule has 0 aromatic heterocycles. The predicted octanol–water partition coefficient (Wildman–Crippen LogP) is 4.71. The summed E-state index contributed by atoms with van der Waals surface area (Å²) < 4.78 is 18.8. The van der Waals surface area contributed by atoms with Crippen LogP contribution in [-0.2, 0) is 0 Å². The average Bonchev–Trinajstić information content (AvgIpc) is 3.31. The Kier molecular flexibility index (Phi) is 3.82. The highest BCUT2D eigenvalue weighted by Gasteiger charge is 2.32. The Labute approximate surface area is 125 Å². The summed E-state index contributed by atoms with van der Waals surface area (Å²) in [6, 6.07) is 13.8. The van der Waals surface area contributed by atoms with Crippen molar-refractivity contribution in [3.05, 3.63) is 59.4 Å². The number of nitrogens with one attached hydrogen (secondary N) is 1. The largest absolute Gasteiger partial charge is 0.494 e. The monoisotopic (exact) mass is 285 g/mol. The minimum Gasteiger partial charge on any atom is -0.494 e. The summed E-state index contributed by atoms with van der Waals surface area (Å²) in [5, 5.41) is 3.47. The molecule has 3 heteroatoms. The van der Waals surface area contributed by atoms with Gasteiger partial charge in [-0.25, -0.2) is 4.39 Å². The first-order valence-electron chi connectivity index (χ1n) is 7.34. The van der Waals surface area contributed by atoms with E-state index >= 15 is 0 Å². The van der Waals surface area contributed by atoms with Gasteiger partial charge in [-0.15, -0.1) is 0 Å². The van der Waals surface area contributed by atoms with Crippen LogP contribution in [-0.4, -0.2) is 7.11 Å². The molecule has 1 atom stereocenters. The standard InChI is InChI=1S/C18H20FNO/c1-12-3-5-13(6-4-12)18(14-7-8-14)20-15-9-10-17(21-2)16(19)11-15/h3-6,9-11,14,18,20H,7-8H2,1-2H3. The van der Waals surface area contributed by atoms with Gasteiger partial charge in [-0.05, 0) is 43.4 Å². The molecule has 110 valence electrons. The third-order valence-corrected chi connectivity index (χ3v) is 4.00. The summed E-state index contributed by atoms with van der Waals surface area (Å²) in [5.41, 5.74) is 3.31. The Morgan fingerprint density at radius 2 is 1.86 bits per heavy atom. The molecule has 2 nitrogen and oxygen atoms in total. The lowest BCUT2D eigenvalue weighted by Gasteiger charge is -2.20. The van der Waals surface area contributed by atoms with E-state index in [1.54, 1.807) is 6.07 Å². The van der Waals surface area contributed by atoms with Crippen molar-refractivity contribution in [2.24, 2.45) is 5.92 Å². The fourth-order valence-electron chi connectivity index (χ4n) is 2.61. The molecule has 1 aliphatic carbocycles. The number of ether oxygens (including phenoxy) is 1. The van der Waals surface area contributed by atoms with E-state index in [4.69, 9.17) is 4.74 Å². The molecule has 2 aromatic rings. The van der Waals surface area contributed by atoms with Crippen molar-refractivity contribution in [3.63, 3.8) is 0 Å². The van der Waals surface area contributed by atoms with Crippen LogP contribution >= 0.6 is 0 Å². The summed E-state index contributed by atoms with van der Waals surface area (Å²) in [7, 11) is 1.48. The number of hydrogen-bond donors (Lipinski definition) is 1. The van der Waals surface area contributed by atoms with E-state index in [-0.39, 0.29) is 17.6 Å². The van der Waals surface area contributed by atoms with Crippen molar-refractivity contribution >= 4 is 5.69 Å². The van der Waals surface area contributed by atoms with Crippen LogP contribution in [0.15, 0.2) is 42.5 Å². The minimum absolute atomic E-state index is 0.249. The van der Waals surface area contributed by atoms with Gasteiger partial charge >= 0.3 is 0 Å². The number of halogens is 1. The lowest BCUT2D eigenvalue weighted by molar-refractivity contribution is 0.386. The molecule has 1 saturated carbocycles. The van der Waals surface area contributed by atoms with Gasteiger partial charge in [0.25, 0.3) is 0 Å². The number of hydrogen-bond acceptors (Lipinski definition) is 2. The molecule has 0 spiro atoms. The van der Waals surface area contributed by atoms with Crippen molar-refractivity contribution < 1.29 is 9.13 Å². The molecular weight excluding hydrogens is 265 g/mol. The Morgan fingerprint density at radius 1 is 1.14 bits per heavy atom. The third-order valence-electron chi connectivity index (χ3n) is 4.00. The third kappa shape index (κ3) is 3.18. The lowest BCUT2D eigenvalue weighted by Crippen LogP contribution is -2.13. The lowest BCUT2D eigenvalue weighted by atomic mass is 10.0. The van der Waals surface area contributed by atoms with Crippen molar-refractivity contribution in [3.8, 4) is 5.75 Å². The number of anilines is 1. The van der Waals surface area contributed by atoms with Gasteiger partial charge in [-0.2, -0.15) is 0 Å². The Morgan fingerprint density at radius 3 is 2.43 bits per heavy atom. The average molecular weight is 285 g/mol. The van der Waals surface area contributed by atoms with Crippen molar-refractivity contribution in [2.45, 2.75) is 25.8 Å². The molecule has 3 rings (SSSR count). The van der Waals surface area contributed by atoms with Crippen LogP contribution in [0.5, 0.6) is 5.75 Å². The van der Waals surface area contributed by atoms with Crippen LogP contribution < -0.4 is 10.1 Å². The van der Waals surface area contributed by atoms with Crippen LogP contribution in [0, 0.1) is 18.7 Å². The second kappa shape index (κ2) is 5.76.